The number of nitrogens with zero attached hydrogens (tertiary/aromatic N) is 2. The maximum Gasteiger partial charge on any atom is 0.240 e. The topological polar surface area (TPSA) is 79.4 Å². The Morgan fingerprint density at radius 3 is 2.95 bits per heavy atom. The zero-order valence-corrected chi connectivity index (χ0v) is 10.7. The lowest BCUT2D eigenvalue weighted by molar-refractivity contribution is -0.138. The second kappa shape index (κ2) is 6.32. The third-order valence-corrected chi connectivity index (χ3v) is 3.14. The molecule has 19 heavy (non-hydrogen) atoms. The Bertz CT molecular complexity index is 469. The molecule has 1 aromatic rings. The largest absolute Gasteiger partial charge is 0.360 e. The minimum atomic E-state index is -0.570. The second-order valence-electron chi connectivity index (χ2n) is 4.57. The maximum atomic E-state index is 12.2. The molecule has 1 aliphatic rings. The van der Waals surface area contributed by atoms with Crippen molar-refractivity contribution < 1.29 is 9.53 Å². The lowest BCUT2D eigenvalue weighted by Gasteiger charge is -2.31. The van der Waals surface area contributed by atoms with Gasteiger partial charge in [-0.15, -0.1) is 0 Å². The van der Waals surface area contributed by atoms with E-state index in [0.717, 1.165) is 5.56 Å². The van der Waals surface area contributed by atoms with Crippen LogP contribution in [0.4, 0.5) is 0 Å². The van der Waals surface area contributed by atoms with E-state index >= 15 is 0 Å². The van der Waals surface area contributed by atoms with Crippen LogP contribution in [0.5, 0.6) is 0 Å². The van der Waals surface area contributed by atoms with Crippen molar-refractivity contribution in [3.05, 3.63) is 35.9 Å². The summed E-state index contributed by atoms with van der Waals surface area (Å²) in [6, 6.07) is 11.1. The summed E-state index contributed by atoms with van der Waals surface area (Å²) < 4.78 is 5.21. The Morgan fingerprint density at radius 1 is 1.53 bits per heavy atom. The number of nitriles is 1. The van der Waals surface area contributed by atoms with Crippen LogP contribution in [0, 0.1) is 11.3 Å². The van der Waals surface area contributed by atoms with E-state index in [1.165, 1.54) is 0 Å². The minimum absolute atomic E-state index is 0.118. The number of nitrogens with two attached hydrogens (primary N) is 1. The van der Waals surface area contributed by atoms with Crippen LogP contribution in [-0.4, -0.2) is 42.6 Å². The first-order valence-electron chi connectivity index (χ1n) is 6.30. The highest BCUT2D eigenvalue weighted by atomic mass is 16.5. The predicted octanol–water partition coefficient (Wildman–Crippen LogP) is 0.307. The van der Waals surface area contributed by atoms with Crippen molar-refractivity contribution in [3.63, 3.8) is 0 Å². The van der Waals surface area contributed by atoms with Crippen LogP contribution in [0.1, 0.15) is 5.56 Å². The fourth-order valence-electron chi connectivity index (χ4n) is 2.12. The number of carbonyl (C=O) groups excluding carboxylic acids is 1. The van der Waals surface area contributed by atoms with Crippen molar-refractivity contribution in [1.82, 2.24) is 4.90 Å². The standard InChI is InChI=1S/C14H17N3O2/c15-9-12-10-17(6-7-19-12)14(18)13(16)8-11-4-2-1-3-5-11/h1-5,12-13H,6-8,10,16H2/t12?,13-/m0/s1. The molecular weight excluding hydrogens is 242 g/mol. The van der Waals surface area contributed by atoms with Gasteiger partial charge in [0, 0.05) is 6.54 Å². The lowest BCUT2D eigenvalue weighted by Crippen LogP contribution is -2.51. The first-order chi connectivity index (χ1) is 9.20. The monoisotopic (exact) mass is 259 g/mol. The number of morpholine rings is 1. The van der Waals surface area contributed by atoms with Crippen LogP contribution in [0.25, 0.3) is 0 Å². The second-order valence-corrected chi connectivity index (χ2v) is 4.57. The molecule has 1 unspecified atom stereocenters. The van der Waals surface area contributed by atoms with Crippen LogP contribution in [0.15, 0.2) is 30.3 Å². The van der Waals surface area contributed by atoms with E-state index in [1.54, 1.807) is 4.90 Å². The molecule has 1 aromatic carbocycles. The quantitative estimate of drug-likeness (QED) is 0.847. The summed E-state index contributed by atoms with van der Waals surface area (Å²) in [7, 11) is 0. The van der Waals surface area contributed by atoms with E-state index < -0.39 is 12.1 Å². The van der Waals surface area contributed by atoms with E-state index in [9.17, 15) is 4.79 Å². The van der Waals surface area contributed by atoms with Gasteiger partial charge in [-0.3, -0.25) is 4.79 Å². The van der Waals surface area contributed by atoms with E-state index in [4.69, 9.17) is 15.7 Å². The van der Waals surface area contributed by atoms with Crippen LogP contribution >= 0.6 is 0 Å². The van der Waals surface area contributed by atoms with Gasteiger partial charge >= 0.3 is 0 Å². The third kappa shape index (κ3) is 3.53. The first kappa shape index (κ1) is 13.5. The van der Waals surface area contributed by atoms with Gasteiger partial charge in [0.2, 0.25) is 5.91 Å². The lowest BCUT2D eigenvalue weighted by atomic mass is 10.1. The molecule has 2 rings (SSSR count). The molecule has 1 heterocycles. The van der Waals surface area contributed by atoms with Crippen LogP contribution in [-0.2, 0) is 16.0 Å². The average Bonchev–Trinajstić information content (AvgIpc) is 2.47. The summed E-state index contributed by atoms with van der Waals surface area (Å²) in [4.78, 5) is 13.8. The molecule has 2 N–H and O–H groups in total. The van der Waals surface area contributed by atoms with Gasteiger partial charge < -0.3 is 15.4 Å². The molecule has 1 aliphatic heterocycles. The van der Waals surface area contributed by atoms with Gasteiger partial charge in [0.25, 0.3) is 0 Å². The van der Waals surface area contributed by atoms with Crippen molar-refractivity contribution in [2.45, 2.75) is 18.6 Å². The van der Waals surface area contributed by atoms with Crippen molar-refractivity contribution in [3.8, 4) is 6.07 Å². The van der Waals surface area contributed by atoms with Crippen LogP contribution in [0.3, 0.4) is 0 Å². The maximum absolute atomic E-state index is 12.2. The van der Waals surface area contributed by atoms with E-state index in [2.05, 4.69) is 0 Å². The Labute approximate surface area is 112 Å². The summed E-state index contributed by atoms with van der Waals surface area (Å²) in [6.07, 6.45) is -0.0320. The highest BCUT2D eigenvalue weighted by Crippen LogP contribution is 2.08. The molecule has 5 heteroatoms. The minimum Gasteiger partial charge on any atom is -0.360 e. The fourth-order valence-corrected chi connectivity index (χ4v) is 2.12. The number of hydrogen-bond donors (Lipinski definition) is 1. The molecular formula is C14H17N3O2. The molecule has 1 saturated heterocycles. The summed E-state index contributed by atoms with van der Waals surface area (Å²) in [5.41, 5.74) is 6.99. The Balaban J connectivity index is 1.94. The predicted molar refractivity (Wildman–Crippen MR) is 70.1 cm³/mol. The number of amides is 1. The number of hydrogen-bond acceptors (Lipinski definition) is 4. The number of benzene rings is 1. The first-order valence-corrected chi connectivity index (χ1v) is 6.30. The summed E-state index contributed by atoms with van der Waals surface area (Å²) >= 11 is 0. The van der Waals surface area contributed by atoms with Crippen molar-refractivity contribution in [2.24, 2.45) is 5.73 Å². The van der Waals surface area contributed by atoms with Crippen molar-refractivity contribution in [2.75, 3.05) is 19.7 Å². The van der Waals surface area contributed by atoms with Gasteiger partial charge in [-0.25, -0.2) is 0 Å². The SMILES string of the molecule is N#CC1CN(C(=O)[C@@H](N)Cc2ccccc2)CCO1. The van der Waals surface area contributed by atoms with E-state index in [-0.39, 0.29) is 5.91 Å². The Kier molecular flexibility index (Phi) is 4.50. The summed E-state index contributed by atoms with van der Waals surface area (Å²) in [5, 5.41) is 8.82. The van der Waals surface area contributed by atoms with E-state index in [0.29, 0.717) is 26.1 Å². The molecule has 0 aliphatic carbocycles. The molecule has 0 radical (unpaired) electrons. The molecule has 0 aromatic heterocycles. The van der Waals surface area contributed by atoms with Gasteiger partial charge in [0.05, 0.1) is 25.3 Å². The highest BCUT2D eigenvalue weighted by Gasteiger charge is 2.27. The molecule has 1 amide bonds. The normalized spacial score (nSPS) is 20.6. The number of carbonyl (C=O) groups is 1. The molecule has 0 spiro atoms. The number of rotatable bonds is 3. The third-order valence-electron chi connectivity index (χ3n) is 3.14. The zero-order chi connectivity index (χ0) is 13.7. The van der Waals surface area contributed by atoms with Gasteiger partial charge in [-0.05, 0) is 12.0 Å². The van der Waals surface area contributed by atoms with Crippen molar-refractivity contribution >= 4 is 5.91 Å². The fraction of sp³-hybridized carbons (Fsp3) is 0.429. The van der Waals surface area contributed by atoms with Gasteiger partial charge in [0.15, 0.2) is 6.10 Å². The Hall–Kier alpha value is -1.90. The van der Waals surface area contributed by atoms with Gasteiger partial charge in [-0.2, -0.15) is 5.26 Å². The average molecular weight is 259 g/mol. The van der Waals surface area contributed by atoms with Crippen LogP contribution in [0.2, 0.25) is 0 Å². The van der Waals surface area contributed by atoms with Gasteiger partial charge in [0.1, 0.15) is 0 Å². The summed E-state index contributed by atoms with van der Waals surface area (Å²) in [6.45, 7) is 1.19. The molecule has 0 saturated carbocycles. The molecule has 5 nitrogen and oxygen atoms in total. The number of ether oxygens (including phenoxy) is 1. The highest BCUT2D eigenvalue weighted by molar-refractivity contribution is 5.82. The van der Waals surface area contributed by atoms with E-state index in [1.807, 2.05) is 36.4 Å². The molecule has 2 atom stereocenters. The van der Waals surface area contributed by atoms with Crippen LogP contribution < -0.4 is 5.73 Å². The Morgan fingerprint density at radius 2 is 2.26 bits per heavy atom. The molecule has 1 fully saturated rings. The zero-order valence-electron chi connectivity index (χ0n) is 10.7. The summed E-state index contributed by atoms with van der Waals surface area (Å²) in [5.74, 6) is -0.118. The van der Waals surface area contributed by atoms with Crippen molar-refractivity contribution in [1.29, 1.82) is 5.26 Å². The van der Waals surface area contributed by atoms with Gasteiger partial charge in [-0.1, -0.05) is 30.3 Å². The molecule has 0 bridgehead atoms. The smallest absolute Gasteiger partial charge is 0.240 e. The molecule has 100 valence electrons.